The van der Waals surface area contributed by atoms with E-state index in [0.29, 0.717) is 18.3 Å². The molecule has 3 N–H and O–H groups in total. The van der Waals surface area contributed by atoms with Crippen molar-refractivity contribution < 1.29 is 10.2 Å². The topological polar surface area (TPSA) is 78.3 Å². The molecule has 0 aliphatic heterocycles. The zero-order chi connectivity index (χ0) is 17.0. The predicted octanol–water partition coefficient (Wildman–Crippen LogP) is 1.75. The minimum absolute atomic E-state index is 0.0216. The van der Waals surface area contributed by atoms with Crippen LogP contribution in [0.3, 0.4) is 0 Å². The van der Waals surface area contributed by atoms with E-state index in [1.165, 1.54) is 0 Å². The van der Waals surface area contributed by atoms with Crippen molar-refractivity contribution in [3.63, 3.8) is 0 Å². The lowest BCUT2D eigenvalue weighted by Gasteiger charge is -2.25. The van der Waals surface area contributed by atoms with Crippen molar-refractivity contribution in [3.05, 3.63) is 23.8 Å². The van der Waals surface area contributed by atoms with Crippen molar-refractivity contribution in [1.29, 1.82) is 0 Å². The molecule has 1 aliphatic rings. The summed E-state index contributed by atoms with van der Waals surface area (Å²) in [4.78, 5) is 8.98. The molecule has 1 saturated carbocycles. The Bertz CT molecular complexity index is 493. The van der Waals surface area contributed by atoms with E-state index in [2.05, 4.69) is 43.0 Å². The largest absolute Gasteiger partial charge is 0.396 e. The van der Waals surface area contributed by atoms with Crippen LogP contribution < -0.4 is 5.32 Å². The molecule has 0 amide bonds. The molecular formula is C18H31N3O2. The molecule has 0 radical (unpaired) electrons. The second kappa shape index (κ2) is 8.18. The van der Waals surface area contributed by atoms with Crippen LogP contribution in [0.4, 0.5) is 0 Å². The first kappa shape index (κ1) is 18.3. The maximum absolute atomic E-state index is 10.3. The quantitative estimate of drug-likeness (QED) is 0.713. The summed E-state index contributed by atoms with van der Waals surface area (Å²) < 4.78 is 0. The van der Waals surface area contributed by atoms with E-state index in [1.807, 2.05) is 12.3 Å². The smallest absolute Gasteiger partial charge is 0.131 e. The molecule has 0 bridgehead atoms. The minimum Gasteiger partial charge on any atom is -0.396 e. The minimum atomic E-state index is -0.443. The molecule has 130 valence electrons. The maximum atomic E-state index is 10.3. The zero-order valence-electron chi connectivity index (χ0n) is 14.7. The van der Waals surface area contributed by atoms with Gasteiger partial charge in [0.25, 0.3) is 0 Å². The number of nitrogens with one attached hydrogen (secondary N) is 1. The van der Waals surface area contributed by atoms with Gasteiger partial charge in [-0.1, -0.05) is 27.7 Å². The Morgan fingerprint density at radius 2 is 2.00 bits per heavy atom. The van der Waals surface area contributed by atoms with E-state index in [9.17, 15) is 10.2 Å². The van der Waals surface area contributed by atoms with Crippen LogP contribution in [-0.4, -0.2) is 45.5 Å². The van der Waals surface area contributed by atoms with Gasteiger partial charge < -0.3 is 15.5 Å². The van der Waals surface area contributed by atoms with Gasteiger partial charge in [0.2, 0.25) is 0 Å². The summed E-state index contributed by atoms with van der Waals surface area (Å²) in [5.41, 5.74) is 0.998. The van der Waals surface area contributed by atoms with Gasteiger partial charge >= 0.3 is 0 Å². The number of aliphatic hydroxyl groups excluding tert-OH is 2. The highest BCUT2D eigenvalue weighted by Gasteiger charge is 2.42. The van der Waals surface area contributed by atoms with Gasteiger partial charge in [-0.15, -0.1) is 0 Å². The van der Waals surface area contributed by atoms with Crippen molar-refractivity contribution in [2.24, 2.45) is 17.8 Å². The molecule has 1 fully saturated rings. The molecule has 0 saturated heterocycles. The van der Waals surface area contributed by atoms with E-state index in [0.717, 1.165) is 24.5 Å². The number of nitrogens with zero attached hydrogens (tertiary/aromatic N) is 2. The summed E-state index contributed by atoms with van der Waals surface area (Å²) in [7, 11) is 0. The van der Waals surface area contributed by atoms with Gasteiger partial charge in [-0.2, -0.15) is 0 Å². The molecule has 2 rings (SSSR count). The zero-order valence-corrected chi connectivity index (χ0v) is 14.7. The molecule has 1 aromatic heterocycles. The van der Waals surface area contributed by atoms with Crippen LogP contribution in [0.2, 0.25) is 0 Å². The van der Waals surface area contributed by atoms with E-state index >= 15 is 0 Å². The molecule has 5 heteroatoms. The summed E-state index contributed by atoms with van der Waals surface area (Å²) in [6.45, 7) is 9.47. The molecule has 5 nitrogen and oxygen atoms in total. The fourth-order valence-electron chi connectivity index (χ4n) is 3.41. The Morgan fingerprint density at radius 3 is 2.61 bits per heavy atom. The normalized spacial score (nSPS) is 28.0. The summed E-state index contributed by atoms with van der Waals surface area (Å²) in [5.74, 6) is 1.83. The third-order valence-corrected chi connectivity index (χ3v) is 4.75. The first-order valence-electron chi connectivity index (χ1n) is 8.76. The SMILES string of the molecule is CC(C)CNC1CC(O)C(CO)C1Cc1ccnc(C(C)C)n1. The number of aromatic nitrogens is 2. The van der Waals surface area contributed by atoms with Gasteiger partial charge in [0.05, 0.1) is 6.10 Å². The van der Waals surface area contributed by atoms with Crippen LogP contribution in [0.25, 0.3) is 0 Å². The molecule has 4 unspecified atom stereocenters. The Labute approximate surface area is 139 Å². The maximum Gasteiger partial charge on any atom is 0.131 e. The van der Waals surface area contributed by atoms with Gasteiger partial charge in [-0.05, 0) is 37.3 Å². The van der Waals surface area contributed by atoms with Crippen LogP contribution in [0.1, 0.15) is 51.6 Å². The predicted molar refractivity (Wildman–Crippen MR) is 91.1 cm³/mol. The van der Waals surface area contributed by atoms with Crippen LogP contribution in [-0.2, 0) is 6.42 Å². The number of hydrogen-bond donors (Lipinski definition) is 3. The highest BCUT2D eigenvalue weighted by Crippen LogP contribution is 2.34. The van der Waals surface area contributed by atoms with E-state index in [-0.39, 0.29) is 24.5 Å². The third kappa shape index (κ3) is 4.72. The van der Waals surface area contributed by atoms with Gasteiger partial charge in [0.15, 0.2) is 0 Å². The van der Waals surface area contributed by atoms with Crippen molar-refractivity contribution in [2.45, 2.75) is 58.6 Å². The second-order valence-corrected chi connectivity index (χ2v) is 7.49. The highest BCUT2D eigenvalue weighted by atomic mass is 16.3. The first-order chi connectivity index (χ1) is 10.9. The molecule has 0 spiro atoms. The van der Waals surface area contributed by atoms with Crippen LogP contribution in [0.15, 0.2) is 12.3 Å². The molecule has 0 aromatic carbocycles. The van der Waals surface area contributed by atoms with Crippen LogP contribution in [0, 0.1) is 17.8 Å². The lowest BCUT2D eigenvalue weighted by atomic mass is 9.88. The van der Waals surface area contributed by atoms with Crippen molar-refractivity contribution in [3.8, 4) is 0 Å². The van der Waals surface area contributed by atoms with Crippen molar-refractivity contribution >= 4 is 0 Å². The summed E-state index contributed by atoms with van der Waals surface area (Å²) >= 11 is 0. The lowest BCUT2D eigenvalue weighted by Crippen LogP contribution is -2.38. The Hall–Kier alpha value is -1.04. The van der Waals surface area contributed by atoms with Gasteiger partial charge in [-0.25, -0.2) is 9.97 Å². The number of rotatable bonds is 7. The second-order valence-electron chi connectivity index (χ2n) is 7.49. The molecule has 1 aromatic rings. The molecular weight excluding hydrogens is 290 g/mol. The summed E-state index contributed by atoms with van der Waals surface area (Å²) in [6, 6.07) is 2.17. The molecule has 1 heterocycles. The Balaban J connectivity index is 2.13. The number of aliphatic hydroxyl groups is 2. The fraction of sp³-hybridized carbons (Fsp3) is 0.778. The van der Waals surface area contributed by atoms with Gasteiger partial charge in [0, 0.05) is 36.4 Å². The monoisotopic (exact) mass is 321 g/mol. The van der Waals surface area contributed by atoms with Crippen molar-refractivity contribution in [1.82, 2.24) is 15.3 Å². The number of hydrogen-bond acceptors (Lipinski definition) is 5. The van der Waals surface area contributed by atoms with Crippen LogP contribution >= 0.6 is 0 Å². The fourth-order valence-corrected chi connectivity index (χ4v) is 3.41. The van der Waals surface area contributed by atoms with E-state index in [1.54, 1.807) is 0 Å². The lowest BCUT2D eigenvalue weighted by molar-refractivity contribution is 0.0716. The molecule has 23 heavy (non-hydrogen) atoms. The first-order valence-corrected chi connectivity index (χ1v) is 8.76. The van der Waals surface area contributed by atoms with Crippen LogP contribution in [0.5, 0.6) is 0 Å². The molecule has 4 atom stereocenters. The highest BCUT2D eigenvalue weighted by molar-refractivity contribution is 5.09. The third-order valence-electron chi connectivity index (χ3n) is 4.75. The summed E-state index contributed by atoms with van der Waals surface area (Å²) in [6.07, 6.45) is 2.83. The Kier molecular flexibility index (Phi) is 6.50. The Morgan fingerprint density at radius 1 is 1.26 bits per heavy atom. The summed E-state index contributed by atoms with van der Waals surface area (Å²) in [5, 5.41) is 23.6. The van der Waals surface area contributed by atoms with Gasteiger partial charge in [0.1, 0.15) is 5.82 Å². The van der Waals surface area contributed by atoms with E-state index < -0.39 is 6.10 Å². The average molecular weight is 321 g/mol. The van der Waals surface area contributed by atoms with E-state index in [4.69, 9.17) is 0 Å². The molecule has 1 aliphatic carbocycles. The average Bonchev–Trinajstić information content (AvgIpc) is 2.80. The van der Waals surface area contributed by atoms with Crippen molar-refractivity contribution in [2.75, 3.05) is 13.2 Å². The standard InChI is InChI=1S/C18H31N3O2/c1-11(2)9-20-16-8-17(23)15(10-22)14(16)7-13-5-6-19-18(21-13)12(3)4/h5-6,11-12,14-17,20,22-23H,7-10H2,1-4H3. The van der Waals surface area contributed by atoms with Gasteiger partial charge in [-0.3, -0.25) is 0 Å².